The van der Waals surface area contributed by atoms with Gasteiger partial charge in [-0.3, -0.25) is 0 Å². The number of nitrogens with one attached hydrogen (secondary N) is 2. The largest absolute Gasteiger partial charge is 0.497 e. The third kappa shape index (κ3) is 3.51. The van der Waals surface area contributed by atoms with Crippen LogP contribution in [0.4, 0.5) is 17.6 Å². The Hall–Kier alpha value is -3.09. The molecule has 0 spiro atoms. The Morgan fingerprint density at radius 3 is 2.64 bits per heavy atom. The number of benzene rings is 1. The molecule has 0 aliphatic carbocycles. The van der Waals surface area contributed by atoms with E-state index in [0.717, 1.165) is 17.0 Å². The average Bonchev–Trinajstić information content (AvgIpc) is 3.08. The van der Waals surface area contributed by atoms with Gasteiger partial charge in [0.25, 0.3) is 0 Å². The zero-order valence-electron chi connectivity index (χ0n) is 12.0. The summed E-state index contributed by atoms with van der Waals surface area (Å²) in [5, 5.41) is 6.22. The second-order valence-corrected chi connectivity index (χ2v) is 4.47. The number of hydrogen-bond donors (Lipinski definition) is 2. The topological polar surface area (TPSA) is 85.1 Å². The van der Waals surface area contributed by atoms with Crippen LogP contribution in [0.3, 0.4) is 0 Å². The van der Waals surface area contributed by atoms with Crippen LogP contribution in [0.25, 0.3) is 0 Å². The van der Waals surface area contributed by atoms with E-state index in [1.807, 2.05) is 30.3 Å². The summed E-state index contributed by atoms with van der Waals surface area (Å²) in [5.74, 6) is 1.76. The number of nitrogens with zero attached hydrogens (tertiary/aromatic N) is 3. The number of methoxy groups -OCH3 is 1. The minimum Gasteiger partial charge on any atom is -0.497 e. The van der Waals surface area contributed by atoms with Gasteiger partial charge < -0.3 is 19.8 Å². The van der Waals surface area contributed by atoms with Crippen LogP contribution >= 0.6 is 0 Å². The van der Waals surface area contributed by atoms with Crippen molar-refractivity contribution in [2.45, 2.75) is 6.54 Å². The van der Waals surface area contributed by atoms with Gasteiger partial charge >= 0.3 is 0 Å². The Morgan fingerprint density at radius 1 is 1.09 bits per heavy atom. The van der Waals surface area contributed by atoms with Crippen LogP contribution in [-0.4, -0.2) is 22.1 Å². The molecule has 0 saturated heterocycles. The highest BCUT2D eigenvalue weighted by atomic mass is 16.5. The lowest BCUT2D eigenvalue weighted by atomic mass is 10.3. The van der Waals surface area contributed by atoms with Crippen molar-refractivity contribution in [3.05, 3.63) is 54.7 Å². The van der Waals surface area contributed by atoms with Gasteiger partial charge in [0.1, 0.15) is 12.1 Å². The number of aromatic nitrogens is 3. The third-order valence-corrected chi connectivity index (χ3v) is 2.95. The Bertz CT molecular complexity index is 713. The minimum absolute atomic E-state index is 0.467. The summed E-state index contributed by atoms with van der Waals surface area (Å²) in [6.45, 7) is 0.586. The molecule has 22 heavy (non-hydrogen) atoms. The van der Waals surface area contributed by atoms with Crippen LogP contribution in [0, 0.1) is 0 Å². The van der Waals surface area contributed by atoms with Gasteiger partial charge in [-0.05, 0) is 30.3 Å². The first kappa shape index (κ1) is 13.9. The van der Waals surface area contributed by atoms with E-state index in [4.69, 9.17) is 9.15 Å². The van der Waals surface area contributed by atoms with Crippen LogP contribution in [0.15, 0.2) is 53.6 Å². The fourth-order valence-corrected chi connectivity index (χ4v) is 1.82. The van der Waals surface area contributed by atoms with Gasteiger partial charge in [-0.2, -0.15) is 4.98 Å². The third-order valence-electron chi connectivity index (χ3n) is 2.95. The summed E-state index contributed by atoms with van der Waals surface area (Å²) in [5.41, 5.74) is 1.89. The maximum absolute atomic E-state index is 5.12. The van der Waals surface area contributed by atoms with E-state index in [9.17, 15) is 0 Å². The standard InChI is InChI=1S/C15H15N5O2/c1-21-13-4-2-12(3-5-13)19-15-18-10-17-14(20-15)16-8-11-6-7-22-9-11/h2-7,9-10H,8H2,1H3,(H2,16,17,18,19,20). The van der Waals surface area contributed by atoms with Gasteiger partial charge in [-0.1, -0.05) is 0 Å². The molecular weight excluding hydrogens is 282 g/mol. The molecular formula is C15H15N5O2. The van der Waals surface area contributed by atoms with Crippen LogP contribution in [0.5, 0.6) is 5.75 Å². The molecule has 2 N–H and O–H groups in total. The van der Waals surface area contributed by atoms with Gasteiger partial charge in [0.2, 0.25) is 11.9 Å². The molecule has 0 fully saturated rings. The summed E-state index contributed by atoms with van der Waals surface area (Å²) < 4.78 is 10.1. The first-order valence-corrected chi connectivity index (χ1v) is 6.68. The van der Waals surface area contributed by atoms with Crippen molar-refractivity contribution < 1.29 is 9.15 Å². The van der Waals surface area contributed by atoms with Crippen molar-refractivity contribution in [2.24, 2.45) is 0 Å². The van der Waals surface area contributed by atoms with Crippen molar-refractivity contribution in [2.75, 3.05) is 17.7 Å². The Balaban J connectivity index is 1.65. The fraction of sp³-hybridized carbons (Fsp3) is 0.133. The predicted molar refractivity (Wildman–Crippen MR) is 82.1 cm³/mol. The quantitative estimate of drug-likeness (QED) is 0.723. The van der Waals surface area contributed by atoms with Gasteiger partial charge in [-0.25, -0.2) is 9.97 Å². The lowest BCUT2D eigenvalue weighted by molar-refractivity contribution is 0.415. The van der Waals surface area contributed by atoms with Crippen LogP contribution in [-0.2, 0) is 6.54 Å². The zero-order chi connectivity index (χ0) is 15.2. The van der Waals surface area contributed by atoms with E-state index < -0.39 is 0 Å². The number of hydrogen-bond acceptors (Lipinski definition) is 7. The van der Waals surface area contributed by atoms with E-state index in [1.165, 1.54) is 6.33 Å². The van der Waals surface area contributed by atoms with Gasteiger partial charge in [0.05, 0.1) is 19.6 Å². The lowest BCUT2D eigenvalue weighted by Crippen LogP contribution is -2.05. The van der Waals surface area contributed by atoms with Crippen molar-refractivity contribution in [3.8, 4) is 5.75 Å². The van der Waals surface area contributed by atoms with Gasteiger partial charge in [0.15, 0.2) is 0 Å². The molecule has 2 aromatic heterocycles. The number of ether oxygens (including phenoxy) is 1. The van der Waals surface area contributed by atoms with Crippen LogP contribution in [0.2, 0.25) is 0 Å². The van der Waals surface area contributed by atoms with E-state index in [-0.39, 0.29) is 0 Å². The molecule has 0 aliphatic heterocycles. The summed E-state index contributed by atoms with van der Waals surface area (Å²) in [6, 6.07) is 9.39. The molecule has 0 saturated carbocycles. The summed E-state index contributed by atoms with van der Waals surface area (Å²) in [7, 11) is 1.63. The van der Waals surface area contributed by atoms with Crippen molar-refractivity contribution in [1.82, 2.24) is 15.0 Å². The molecule has 3 rings (SSSR count). The molecule has 7 nitrogen and oxygen atoms in total. The summed E-state index contributed by atoms with van der Waals surface area (Å²) in [6.07, 6.45) is 4.75. The zero-order valence-corrected chi connectivity index (χ0v) is 12.0. The summed E-state index contributed by atoms with van der Waals surface area (Å²) in [4.78, 5) is 12.5. The molecule has 2 heterocycles. The van der Waals surface area contributed by atoms with Gasteiger partial charge in [-0.15, -0.1) is 0 Å². The molecule has 3 aromatic rings. The first-order chi connectivity index (χ1) is 10.8. The van der Waals surface area contributed by atoms with E-state index in [0.29, 0.717) is 18.4 Å². The van der Waals surface area contributed by atoms with Crippen molar-refractivity contribution in [3.63, 3.8) is 0 Å². The van der Waals surface area contributed by atoms with E-state index >= 15 is 0 Å². The highest BCUT2D eigenvalue weighted by Crippen LogP contribution is 2.18. The number of furan rings is 1. The van der Waals surface area contributed by atoms with Crippen molar-refractivity contribution >= 4 is 17.6 Å². The molecule has 1 aromatic carbocycles. The van der Waals surface area contributed by atoms with Gasteiger partial charge in [0, 0.05) is 17.8 Å². The highest BCUT2D eigenvalue weighted by molar-refractivity contribution is 5.55. The Labute approximate surface area is 127 Å². The van der Waals surface area contributed by atoms with Crippen LogP contribution in [0.1, 0.15) is 5.56 Å². The molecule has 7 heteroatoms. The number of rotatable bonds is 6. The number of anilines is 3. The smallest absolute Gasteiger partial charge is 0.231 e. The highest BCUT2D eigenvalue weighted by Gasteiger charge is 2.02. The van der Waals surface area contributed by atoms with Crippen LogP contribution < -0.4 is 15.4 Å². The maximum Gasteiger partial charge on any atom is 0.231 e. The monoisotopic (exact) mass is 297 g/mol. The molecule has 0 bridgehead atoms. The molecule has 0 atom stereocenters. The normalized spacial score (nSPS) is 10.2. The fourth-order valence-electron chi connectivity index (χ4n) is 1.82. The molecule has 0 amide bonds. The second kappa shape index (κ2) is 6.57. The molecule has 0 radical (unpaired) electrons. The SMILES string of the molecule is COc1ccc(Nc2ncnc(NCc3ccoc3)n2)cc1. The Kier molecular flexibility index (Phi) is 4.15. The lowest BCUT2D eigenvalue weighted by Gasteiger charge is -2.07. The molecule has 0 aliphatic rings. The van der Waals surface area contributed by atoms with E-state index in [1.54, 1.807) is 19.6 Å². The molecule has 112 valence electrons. The predicted octanol–water partition coefficient (Wildman–Crippen LogP) is 2.83. The van der Waals surface area contributed by atoms with Crippen molar-refractivity contribution in [1.29, 1.82) is 0 Å². The Morgan fingerprint density at radius 2 is 1.91 bits per heavy atom. The summed E-state index contributed by atoms with van der Waals surface area (Å²) >= 11 is 0. The van der Waals surface area contributed by atoms with E-state index in [2.05, 4.69) is 25.6 Å². The second-order valence-electron chi connectivity index (χ2n) is 4.47. The molecule has 0 unspecified atom stereocenters. The first-order valence-electron chi connectivity index (χ1n) is 6.68. The maximum atomic E-state index is 5.12. The average molecular weight is 297 g/mol. The minimum atomic E-state index is 0.467.